The first kappa shape index (κ1) is 14.2. The van der Waals surface area contributed by atoms with Gasteiger partial charge >= 0.3 is 0 Å². The van der Waals surface area contributed by atoms with Crippen molar-refractivity contribution in [3.05, 3.63) is 64.7 Å². The second-order valence-corrected chi connectivity index (χ2v) is 4.53. The second kappa shape index (κ2) is 5.82. The molecule has 0 radical (unpaired) electrons. The number of carbonyl (C=O) groups excluding carboxylic acids is 1. The first-order valence-electron chi connectivity index (χ1n) is 6.13. The van der Waals surface area contributed by atoms with Gasteiger partial charge in [0, 0.05) is 6.42 Å². The fourth-order valence-electron chi connectivity index (χ4n) is 1.92. The van der Waals surface area contributed by atoms with E-state index in [0.717, 1.165) is 12.1 Å². The summed E-state index contributed by atoms with van der Waals surface area (Å²) in [6.45, 7) is 1.45. The van der Waals surface area contributed by atoms with E-state index in [-0.39, 0.29) is 17.5 Å². The van der Waals surface area contributed by atoms with Gasteiger partial charge in [-0.1, -0.05) is 12.1 Å². The molecule has 2 nitrogen and oxygen atoms in total. The molecule has 0 atom stereocenters. The highest BCUT2D eigenvalue weighted by Crippen LogP contribution is 2.18. The van der Waals surface area contributed by atoms with Crippen molar-refractivity contribution in [2.24, 2.45) is 0 Å². The average molecular weight is 276 g/mol. The van der Waals surface area contributed by atoms with Crippen molar-refractivity contribution < 1.29 is 18.3 Å². The molecule has 2 rings (SSSR count). The Morgan fingerprint density at radius 3 is 2.60 bits per heavy atom. The molecule has 0 bridgehead atoms. The standard InChI is InChI=1S/C16H14F2O2/c1-10-6-15(18)13(9-14(10)17)16(19)8-11-4-3-5-12(7-11)20-2/h3-7,9H,8H2,1-2H3. The highest BCUT2D eigenvalue weighted by Gasteiger charge is 2.15. The molecule has 0 spiro atoms. The largest absolute Gasteiger partial charge is 0.497 e. The van der Waals surface area contributed by atoms with Crippen LogP contribution in [0.25, 0.3) is 0 Å². The molecule has 4 heteroatoms. The summed E-state index contributed by atoms with van der Waals surface area (Å²) in [6, 6.07) is 8.91. The summed E-state index contributed by atoms with van der Waals surface area (Å²) in [7, 11) is 1.52. The third kappa shape index (κ3) is 3.02. The minimum atomic E-state index is -0.697. The lowest BCUT2D eigenvalue weighted by atomic mass is 10.0. The highest BCUT2D eigenvalue weighted by atomic mass is 19.1. The van der Waals surface area contributed by atoms with Crippen molar-refractivity contribution in [1.82, 2.24) is 0 Å². The van der Waals surface area contributed by atoms with Gasteiger partial charge in [-0.05, 0) is 42.3 Å². The minimum absolute atomic E-state index is 0.00335. The van der Waals surface area contributed by atoms with E-state index in [2.05, 4.69) is 0 Å². The van der Waals surface area contributed by atoms with Gasteiger partial charge in [0.15, 0.2) is 5.78 Å². The normalized spacial score (nSPS) is 10.4. The molecule has 0 aliphatic heterocycles. The van der Waals surface area contributed by atoms with Gasteiger partial charge in [0.2, 0.25) is 0 Å². The van der Waals surface area contributed by atoms with Gasteiger partial charge in [0.25, 0.3) is 0 Å². The van der Waals surface area contributed by atoms with Gasteiger partial charge in [-0.15, -0.1) is 0 Å². The summed E-state index contributed by atoms with van der Waals surface area (Å²) in [6.07, 6.45) is -0.00335. The summed E-state index contributed by atoms with van der Waals surface area (Å²) in [5.74, 6) is -1.13. The summed E-state index contributed by atoms with van der Waals surface area (Å²) in [5, 5.41) is 0. The molecule has 0 heterocycles. The number of benzene rings is 2. The van der Waals surface area contributed by atoms with Gasteiger partial charge in [-0.25, -0.2) is 8.78 Å². The summed E-state index contributed by atoms with van der Waals surface area (Å²) in [5.41, 5.74) is 0.645. The van der Waals surface area contributed by atoms with E-state index in [4.69, 9.17) is 4.74 Å². The monoisotopic (exact) mass is 276 g/mol. The van der Waals surface area contributed by atoms with Crippen LogP contribution in [0.5, 0.6) is 5.75 Å². The maximum absolute atomic E-state index is 13.7. The molecular weight excluding hydrogens is 262 g/mol. The third-order valence-corrected chi connectivity index (χ3v) is 3.05. The first-order valence-corrected chi connectivity index (χ1v) is 6.13. The Hall–Kier alpha value is -2.23. The van der Waals surface area contributed by atoms with Crippen molar-refractivity contribution in [3.63, 3.8) is 0 Å². The van der Waals surface area contributed by atoms with Gasteiger partial charge in [-0.2, -0.15) is 0 Å². The van der Waals surface area contributed by atoms with Gasteiger partial charge in [0.05, 0.1) is 12.7 Å². The van der Waals surface area contributed by atoms with E-state index in [0.29, 0.717) is 11.3 Å². The number of ether oxygens (including phenoxy) is 1. The van der Waals surface area contributed by atoms with Crippen LogP contribution in [0, 0.1) is 18.6 Å². The molecule has 104 valence electrons. The number of aryl methyl sites for hydroxylation is 1. The lowest BCUT2D eigenvalue weighted by Gasteiger charge is -2.06. The molecule has 0 aromatic heterocycles. The predicted octanol–water partition coefficient (Wildman–Crippen LogP) is 3.71. The Morgan fingerprint density at radius 1 is 1.15 bits per heavy atom. The van der Waals surface area contributed by atoms with E-state index >= 15 is 0 Å². The molecule has 2 aromatic carbocycles. The van der Waals surface area contributed by atoms with E-state index in [1.807, 2.05) is 0 Å². The Balaban J connectivity index is 2.26. The molecule has 0 saturated carbocycles. The van der Waals surface area contributed by atoms with Crippen molar-refractivity contribution in [2.45, 2.75) is 13.3 Å². The molecule has 0 aliphatic rings. The van der Waals surface area contributed by atoms with Crippen LogP contribution in [-0.2, 0) is 6.42 Å². The lowest BCUT2D eigenvalue weighted by Crippen LogP contribution is -2.07. The molecule has 20 heavy (non-hydrogen) atoms. The van der Waals surface area contributed by atoms with Crippen LogP contribution in [0.15, 0.2) is 36.4 Å². The number of Topliss-reactive ketones (excluding diaryl/α,β-unsaturated/α-hetero) is 1. The Bertz CT molecular complexity index is 651. The molecule has 0 aliphatic carbocycles. The van der Waals surface area contributed by atoms with E-state index in [1.54, 1.807) is 24.3 Å². The number of carbonyl (C=O) groups is 1. The van der Waals surface area contributed by atoms with Crippen molar-refractivity contribution in [1.29, 1.82) is 0 Å². The van der Waals surface area contributed by atoms with E-state index in [1.165, 1.54) is 14.0 Å². The number of methoxy groups -OCH3 is 1. The summed E-state index contributed by atoms with van der Waals surface area (Å²) < 4.78 is 32.2. The fraction of sp³-hybridized carbons (Fsp3) is 0.188. The zero-order chi connectivity index (χ0) is 14.7. The summed E-state index contributed by atoms with van der Waals surface area (Å²) in [4.78, 5) is 12.1. The van der Waals surface area contributed by atoms with Crippen LogP contribution in [0.4, 0.5) is 8.78 Å². The quantitative estimate of drug-likeness (QED) is 0.796. The Labute approximate surface area is 116 Å². The van der Waals surface area contributed by atoms with Crippen molar-refractivity contribution in [2.75, 3.05) is 7.11 Å². The SMILES string of the molecule is COc1cccc(CC(=O)c2cc(F)c(C)cc2F)c1. The van der Waals surface area contributed by atoms with Crippen molar-refractivity contribution >= 4 is 5.78 Å². The molecule has 2 aromatic rings. The van der Waals surface area contributed by atoms with Crippen LogP contribution in [0.2, 0.25) is 0 Å². The van der Waals surface area contributed by atoms with Crippen LogP contribution < -0.4 is 4.74 Å². The summed E-state index contributed by atoms with van der Waals surface area (Å²) >= 11 is 0. The lowest BCUT2D eigenvalue weighted by molar-refractivity contribution is 0.0988. The zero-order valence-corrected chi connectivity index (χ0v) is 11.2. The number of rotatable bonds is 4. The molecule has 0 N–H and O–H groups in total. The number of ketones is 1. The van der Waals surface area contributed by atoms with E-state index < -0.39 is 17.4 Å². The van der Waals surface area contributed by atoms with Crippen LogP contribution in [0.1, 0.15) is 21.5 Å². The van der Waals surface area contributed by atoms with Crippen LogP contribution >= 0.6 is 0 Å². The Morgan fingerprint density at radius 2 is 1.90 bits per heavy atom. The first-order chi connectivity index (χ1) is 9.51. The van der Waals surface area contributed by atoms with Gasteiger partial charge < -0.3 is 4.74 Å². The average Bonchev–Trinajstić information content (AvgIpc) is 2.43. The zero-order valence-electron chi connectivity index (χ0n) is 11.2. The topological polar surface area (TPSA) is 26.3 Å². The van der Waals surface area contributed by atoms with Crippen LogP contribution in [-0.4, -0.2) is 12.9 Å². The molecular formula is C16H14F2O2. The highest BCUT2D eigenvalue weighted by molar-refractivity contribution is 5.97. The molecule has 0 amide bonds. The predicted molar refractivity (Wildman–Crippen MR) is 72.1 cm³/mol. The van der Waals surface area contributed by atoms with Gasteiger partial charge in [0.1, 0.15) is 17.4 Å². The second-order valence-electron chi connectivity index (χ2n) is 4.53. The van der Waals surface area contributed by atoms with E-state index in [9.17, 15) is 13.6 Å². The molecule has 0 saturated heterocycles. The number of hydrogen-bond acceptors (Lipinski definition) is 2. The van der Waals surface area contributed by atoms with Gasteiger partial charge in [-0.3, -0.25) is 4.79 Å². The maximum atomic E-state index is 13.7. The third-order valence-electron chi connectivity index (χ3n) is 3.05. The number of halogens is 2. The Kier molecular flexibility index (Phi) is 4.13. The fourth-order valence-corrected chi connectivity index (χ4v) is 1.92. The molecule has 0 fully saturated rings. The van der Waals surface area contributed by atoms with Crippen molar-refractivity contribution in [3.8, 4) is 5.75 Å². The minimum Gasteiger partial charge on any atom is -0.497 e. The molecule has 0 unspecified atom stereocenters. The maximum Gasteiger partial charge on any atom is 0.170 e. The number of hydrogen-bond donors (Lipinski definition) is 0. The smallest absolute Gasteiger partial charge is 0.170 e. The van der Waals surface area contributed by atoms with Crippen LogP contribution in [0.3, 0.4) is 0 Å².